The Morgan fingerprint density at radius 2 is 1.59 bits per heavy atom. The molecule has 2 amide bonds. The summed E-state index contributed by atoms with van der Waals surface area (Å²) in [7, 11) is -2.76. The number of hydrogen-bond acceptors (Lipinski definition) is 5. The smallest absolute Gasteiger partial charge is 0.264 e. The van der Waals surface area contributed by atoms with E-state index in [-0.39, 0.29) is 28.4 Å². The van der Waals surface area contributed by atoms with E-state index < -0.39 is 34.2 Å². The first-order valence-corrected chi connectivity index (χ1v) is 11.8. The number of para-hydroxylation sites is 2. The van der Waals surface area contributed by atoms with E-state index in [1.165, 1.54) is 61.7 Å². The third-order valence-corrected chi connectivity index (χ3v) is 6.55. The molecule has 0 unspecified atom stereocenters. The quantitative estimate of drug-likeness (QED) is 0.430. The van der Waals surface area contributed by atoms with Crippen molar-refractivity contribution in [2.75, 3.05) is 36.4 Å². The number of sulfonamides is 1. The van der Waals surface area contributed by atoms with Crippen LogP contribution in [0.3, 0.4) is 0 Å². The van der Waals surface area contributed by atoms with Crippen molar-refractivity contribution in [1.29, 1.82) is 0 Å². The van der Waals surface area contributed by atoms with Gasteiger partial charge in [0.15, 0.2) is 0 Å². The second-order valence-electron chi connectivity index (χ2n) is 7.12. The van der Waals surface area contributed by atoms with Gasteiger partial charge in [-0.1, -0.05) is 42.5 Å². The molecule has 0 radical (unpaired) electrons. The molecule has 0 spiro atoms. The van der Waals surface area contributed by atoms with E-state index in [1.807, 2.05) is 0 Å². The first kappa shape index (κ1) is 24.9. The summed E-state index contributed by atoms with van der Waals surface area (Å²) in [6.07, 6.45) is 0. The molecule has 0 aliphatic heterocycles. The second-order valence-corrected chi connectivity index (χ2v) is 8.98. The van der Waals surface area contributed by atoms with E-state index in [0.29, 0.717) is 10.9 Å². The van der Waals surface area contributed by atoms with Crippen LogP contribution >= 0.6 is 0 Å². The van der Waals surface area contributed by atoms with Crippen LogP contribution in [-0.4, -0.2) is 47.0 Å². The normalized spacial score (nSPS) is 11.0. The lowest BCUT2D eigenvalue weighted by Gasteiger charge is -2.24. The summed E-state index contributed by atoms with van der Waals surface area (Å²) < 4.78 is 46.8. The van der Waals surface area contributed by atoms with Crippen molar-refractivity contribution in [3.05, 3.63) is 90.2 Å². The Balaban J connectivity index is 1.88. The molecule has 0 aliphatic carbocycles. The Morgan fingerprint density at radius 1 is 0.941 bits per heavy atom. The highest BCUT2D eigenvalue weighted by atomic mass is 32.2. The third kappa shape index (κ3) is 5.97. The number of ether oxygens (including phenoxy) is 1. The van der Waals surface area contributed by atoms with Gasteiger partial charge in [-0.05, 0) is 36.4 Å². The van der Waals surface area contributed by atoms with Crippen LogP contribution in [0.15, 0.2) is 83.8 Å². The molecule has 3 aromatic rings. The van der Waals surface area contributed by atoms with Gasteiger partial charge in [0.25, 0.3) is 15.9 Å². The van der Waals surface area contributed by atoms with E-state index in [9.17, 15) is 22.4 Å². The zero-order chi connectivity index (χ0) is 24.6. The molecule has 3 aromatic carbocycles. The van der Waals surface area contributed by atoms with Crippen molar-refractivity contribution in [1.82, 2.24) is 5.32 Å². The zero-order valence-electron chi connectivity index (χ0n) is 18.4. The number of rotatable bonds is 10. The molecule has 178 valence electrons. The lowest BCUT2D eigenvalue weighted by molar-refractivity contribution is -0.114. The maximum atomic E-state index is 14.6. The highest BCUT2D eigenvalue weighted by molar-refractivity contribution is 7.92. The minimum absolute atomic E-state index is 0.0935. The summed E-state index contributed by atoms with van der Waals surface area (Å²) >= 11 is 0. The van der Waals surface area contributed by atoms with E-state index in [2.05, 4.69) is 10.6 Å². The lowest BCUT2D eigenvalue weighted by Crippen LogP contribution is -2.39. The second kappa shape index (κ2) is 11.4. The SMILES string of the molecule is COCCNC(=O)c1ccccc1NC(=O)CN(c1ccccc1F)S(=O)(=O)c1ccccc1. The fourth-order valence-electron chi connectivity index (χ4n) is 3.15. The number of carbonyl (C=O) groups excluding carboxylic acids is 2. The van der Waals surface area contributed by atoms with Gasteiger partial charge < -0.3 is 15.4 Å². The van der Waals surface area contributed by atoms with Crippen LogP contribution in [0, 0.1) is 5.82 Å². The minimum Gasteiger partial charge on any atom is -0.383 e. The molecule has 2 N–H and O–H groups in total. The summed E-state index contributed by atoms with van der Waals surface area (Å²) in [4.78, 5) is 25.3. The van der Waals surface area contributed by atoms with Crippen LogP contribution < -0.4 is 14.9 Å². The molecule has 3 rings (SSSR count). The predicted molar refractivity (Wildman–Crippen MR) is 127 cm³/mol. The number of nitrogens with one attached hydrogen (secondary N) is 2. The maximum Gasteiger partial charge on any atom is 0.264 e. The number of hydrogen-bond donors (Lipinski definition) is 2. The van der Waals surface area contributed by atoms with Gasteiger partial charge in [-0.25, -0.2) is 12.8 Å². The summed E-state index contributed by atoms with van der Waals surface area (Å²) in [6.45, 7) is -0.124. The standard InChI is InChI=1S/C24H24FN3O5S/c1-33-16-15-26-24(30)19-11-5-7-13-21(19)27-23(29)17-28(22-14-8-6-12-20(22)25)34(31,32)18-9-3-2-4-10-18/h2-14H,15-17H2,1H3,(H,26,30)(H,27,29). The maximum absolute atomic E-state index is 14.6. The van der Waals surface area contributed by atoms with E-state index in [0.717, 1.165) is 6.07 Å². The highest BCUT2D eigenvalue weighted by Crippen LogP contribution is 2.26. The van der Waals surface area contributed by atoms with Crippen molar-refractivity contribution in [2.24, 2.45) is 0 Å². The Bertz CT molecular complexity index is 1250. The number of methoxy groups -OCH3 is 1. The molecular formula is C24H24FN3O5S. The summed E-state index contributed by atoms with van der Waals surface area (Å²) in [6, 6.07) is 19.0. The topological polar surface area (TPSA) is 105 Å². The van der Waals surface area contributed by atoms with Crippen molar-refractivity contribution in [3.8, 4) is 0 Å². The van der Waals surface area contributed by atoms with E-state index in [1.54, 1.807) is 18.2 Å². The van der Waals surface area contributed by atoms with Crippen LogP contribution in [0.5, 0.6) is 0 Å². The molecule has 0 bridgehead atoms. The highest BCUT2D eigenvalue weighted by Gasteiger charge is 2.29. The number of nitrogens with zero attached hydrogens (tertiary/aromatic N) is 1. The zero-order valence-corrected chi connectivity index (χ0v) is 19.2. The Labute approximate surface area is 197 Å². The molecule has 0 aliphatic rings. The van der Waals surface area contributed by atoms with E-state index in [4.69, 9.17) is 4.74 Å². The predicted octanol–water partition coefficient (Wildman–Crippen LogP) is 3.04. The van der Waals surface area contributed by atoms with Gasteiger partial charge in [0.1, 0.15) is 12.4 Å². The Morgan fingerprint density at radius 3 is 2.29 bits per heavy atom. The van der Waals surface area contributed by atoms with Crippen LogP contribution in [0.2, 0.25) is 0 Å². The number of carbonyl (C=O) groups is 2. The molecule has 0 saturated heterocycles. The monoisotopic (exact) mass is 485 g/mol. The number of benzene rings is 3. The van der Waals surface area contributed by atoms with Crippen LogP contribution in [0.1, 0.15) is 10.4 Å². The molecule has 0 atom stereocenters. The van der Waals surface area contributed by atoms with Gasteiger partial charge in [0, 0.05) is 13.7 Å². The van der Waals surface area contributed by atoms with Crippen molar-refractivity contribution < 1.29 is 27.1 Å². The summed E-state index contributed by atoms with van der Waals surface area (Å²) in [5.41, 5.74) is 0.107. The summed E-state index contributed by atoms with van der Waals surface area (Å²) in [5.74, 6) is -1.98. The number of halogens is 1. The first-order valence-electron chi connectivity index (χ1n) is 10.3. The first-order chi connectivity index (χ1) is 16.3. The van der Waals surface area contributed by atoms with Crippen molar-refractivity contribution in [2.45, 2.75) is 4.90 Å². The molecular weight excluding hydrogens is 461 g/mol. The molecule has 8 nitrogen and oxygen atoms in total. The Kier molecular flexibility index (Phi) is 8.34. The van der Waals surface area contributed by atoms with Crippen LogP contribution in [-0.2, 0) is 19.6 Å². The molecule has 0 saturated carbocycles. The molecule has 0 aromatic heterocycles. The number of amides is 2. The van der Waals surface area contributed by atoms with Gasteiger partial charge >= 0.3 is 0 Å². The average Bonchev–Trinajstić information content (AvgIpc) is 2.84. The van der Waals surface area contributed by atoms with E-state index >= 15 is 0 Å². The fraction of sp³-hybridized carbons (Fsp3) is 0.167. The lowest BCUT2D eigenvalue weighted by atomic mass is 10.1. The van der Waals surface area contributed by atoms with Crippen molar-refractivity contribution in [3.63, 3.8) is 0 Å². The fourth-order valence-corrected chi connectivity index (χ4v) is 4.60. The van der Waals surface area contributed by atoms with Crippen LogP contribution in [0.25, 0.3) is 0 Å². The minimum atomic E-state index is -4.27. The van der Waals surface area contributed by atoms with Gasteiger partial charge in [-0.2, -0.15) is 0 Å². The summed E-state index contributed by atoms with van der Waals surface area (Å²) in [5, 5.41) is 5.23. The van der Waals surface area contributed by atoms with Gasteiger partial charge in [0.05, 0.1) is 28.4 Å². The van der Waals surface area contributed by atoms with Crippen molar-refractivity contribution >= 4 is 33.2 Å². The average molecular weight is 486 g/mol. The van der Waals surface area contributed by atoms with Crippen LogP contribution in [0.4, 0.5) is 15.8 Å². The molecule has 0 fully saturated rings. The van der Waals surface area contributed by atoms with Gasteiger partial charge in [0.2, 0.25) is 5.91 Å². The Hall–Kier alpha value is -3.76. The van der Waals surface area contributed by atoms with Gasteiger partial charge in [-0.15, -0.1) is 0 Å². The molecule has 10 heteroatoms. The third-order valence-electron chi connectivity index (χ3n) is 4.78. The largest absolute Gasteiger partial charge is 0.383 e. The van der Waals surface area contributed by atoms with Gasteiger partial charge in [-0.3, -0.25) is 13.9 Å². The number of anilines is 2. The molecule has 0 heterocycles. The molecule has 34 heavy (non-hydrogen) atoms.